The third-order valence-corrected chi connectivity index (χ3v) is 4.36. The lowest BCUT2D eigenvalue weighted by molar-refractivity contribution is -0.915. The summed E-state index contributed by atoms with van der Waals surface area (Å²) in [7, 11) is 0. The first-order chi connectivity index (χ1) is 9.94. The molecule has 1 fully saturated rings. The minimum atomic E-state index is -0.391. The molecule has 2 N–H and O–H groups in total. The number of quaternary nitrogens is 1. The number of piperidine rings is 1. The van der Waals surface area contributed by atoms with Crippen molar-refractivity contribution in [2.24, 2.45) is 11.8 Å². The van der Waals surface area contributed by atoms with E-state index in [1.807, 2.05) is 19.1 Å². The first kappa shape index (κ1) is 16.3. The van der Waals surface area contributed by atoms with Crippen molar-refractivity contribution in [3.05, 3.63) is 29.3 Å². The molecule has 0 spiro atoms. The number of aliphatic hydroxyl groups excluding tert-OH is 1. The van der Waals surface area contributed by atoms with Crippen molar-refractivity contribution in [1.29, 1.82) is 0 Å². The van der Waals surface area contributed by atoms with Gasteiger partial charge in [-0.15, -0.1) is 0 Å². The van der Waals surface area contributed by atoms with E-state index in [0.29, 0.717) is 6.61 Å². The number of likely N-dealkylation sites (tertiary alicyclic amines) is 1. The molecule has 0 amide bonds. The van der Waals surface area contributed by atoms with Crippen molar-refractivity contribution >= 4 is 0 Å². The Bertz CT molecular complexity index is 451. The SMILES string of the molecule is Cc1ccc(OC[C@@H](O)C[NH+]2C[C@H](C)C[C@H](C)C2)c(C)c1. The molecule has 1 unspecified atom stereocenters. The monoisotopic (exact) mass is 292 g/mol. The van der Waals surface area contributed by atoms with Gasteiger partial charge in [0.15, 0.2) is 0 Å². The van der Waals surface area contributed by atoms with Crippen molar-refractivity contribution in [2.75, 3.05) is 26.2 Å². The standard InChI is InChI=1S/C18H29NO2/c1-13-5-6-18(16(4)8-13)21-12-17(20)11-19-9-14(2)7-15(3)10-19/h5-6,8,14-15,17,20H,7,9-12H2,1-4H3/p+1/t14-,15+,17-/m0/s1. The number of aliphatic hydroxyl groups is 1. The fourth-order valence-electron chi connectivity index (χ4n) is 3.63. The fourth-order valence-corrected chi connectivity index (χ4v) is 3.63. The maximum Gasteiger partial charge on any atom is 0.137 e. The van der Waals surface area contributed by atoms with Crippen molar-refractivity contribution < 1.29 is 14.7 Å². The van der Waals surface area contributed by atoms with Gasteiger partial charge in [-0.2, -0.15) is 0 Å². The lowest BCUT2D eigenvalue weighted by Gasteiger charge is -2.33. The zero-order valence-electron chi connectivity index (χ0n) is 13.9. The van der Waals surface area contributed by atoms with Gasteiger partial charge in [0.1, 0.15) is 25.0 Å². The molecular weight excluding hydrogens is 262 g/mol. The van der Waals surface area contributed by atoms with Crippen LogP contribution in [0.5, 0.6) is 5.75 Å². The van der Waals surface area contributed by atoms with Gasteiger partial charge in [0.2, 0.25) is 0 Å². The number of nitrogens with one attached hydrogen (secondary N) is 1. The van der Waals surface area contributed by atoms with E-state index in [-0.39, 0.29) is 0 Å². The molecule has 1 aliphatic rings. The predicted octanol–water partition coefficient (Wildman–Crippen LogP) is 1.60. The van der Waals surface area contributed by atoms with Gasteiger partial charge in [0.25, 0.3) is 0 Å². The van der Waals surface area contributed by atoms with Crippen LogP contribution in [-0.4, -0.2) is 37.5 Å². The molecule has 0 saturated carbocycles. The second kappa shape index (κ2) is 7.28. The van der Waals surface area contributed by atoms with E-state index in [2.05, 4.69) is 26.8 Å². The van der Waals surface area contributed by atoms with E-state index in [4.69, 9.17) is 4.74 Å². The van der Waals surface area contributed by atoms with Crippen LogP contribution in [0.4, 0.5) is 0 Å². The molecule has 4 atom stereocenters. The van der Waals surface area contributed by atoms with Crippen molar-refractivity contribution in [1.82, 2.24) is 0 Å². The van der Waals surface area contributed by atoms with E-state index in [0.717, 1.165) is 29.7 Å². The number of ether oxygens (including phenoxy) is 1. The Morgan fingerprint density at radius 2 is 1.90 bits per heavy atom. The molecule has 2 rings (SSSR count). The second-order valence-electron chi connectivity index (χ2n) is 7.04. The Labute approximate surface area is 128 Å². The van der Waals surface area contributed by atoms with E-state index in [9.17, 15) is 5.11 Å². The smallest absolute Gasteiger partial charge is 0.137 e. The summed E-state index contributed by atoms with van der Waals surface area (Å²) in [5.41, 5.74) is 2.37. The molecule has 0 aliphatic carbocycles. The zero-order valence-corrected chi connectivity index (χ0v) is 13.9. The van der Waals surface area contributed by atoms with Crippen LogP contribution in [0.3, 0.4) is 0 Å². The van der Waals surface area contributed by atoms with Crippen LogP contribution in [0.1, 0.15) is 31.4 Å². The summed E-state index contributed by atoms with van der Waals surface area (Å²) in [6.45, 7) is 12.3. The van der Waals surface area contributed by atoms with Crippen LogP contribution < -0.4 is 9.64 Å². The van der Waals surface area contributed by atoms with Crippen LogP contribution in [0.25, 0.3) is 0 Å². The van der Waals surface area contributed by atoms with Gasteiger partial charge in [-0.25, -0.2) is 0 Å². The molecule has 1 aliphatic heterocycles. The summed E-state index contributed by atoms with van der Waals surface area (Å²) < 4.78 is 5.79. The van der Waals surface area contributed by atoms with Crippen LogP contribution in [-0.2, 0) is 0 Å². The summed E-state index contributed by atoms with van der Waals surface area (Å²) in [5, 5.41) is 10.2. The van der Waals surface area contributed by atoms with Gasteiger partial charge in [-0.1, -0.05) is 31.5 Å². The highest BCUT2D eigenvalue weighted by Gasteiger charge is 2.26. The summed E-state index contributed by atoms with van der Waals surface area (Å²) in [6, 6.07) is 6.16. The molecule has 3 heteroatoms. The predicted molar refractivity (Wildman–Crippen MR) is 85.9 cm³/mol. The van der Waals surface area contributed by atoms with Crippen molar-refractivity contribution in [2.45, 2.75) is 40.2 Å². The normalized spacial score (nSPS) is 27.4. The lowest BCUT2D eigenvalue weighted by Crippen LogP contribution is -3.15. The molecule has 1 aromatic rings. The molecular formula is C18H30NO2+. The van der Waals surface area contributed by atoms with Gasteiger partial charge < -0.3 is 14.7 Å². The quantitative estimate of drug-likeness (QED) is 0.864. The molecule has 0 aromatic heterocycles. The molecule has 3 nitrogen and oxygen atoms in total. The molecule has 0 radical (unpaired) electrons. The van der Waals surface area contributed by atoms with Gasteiger partial charge in [-0.05, 0) is 31.9 Å². The van der Waals surface area contributed by atoms with Crippen LogP contribution in [0.2, 0.25) is 0 Å². The third kappa shape index (κ3) is 5.01. The molecule has 21 heavy (non-hydrogen) atoms. The van der Waals surface area contributed by atoms with E-state index < -0.39 is 6.10 Å². The Hall–Kier alpha value is -1.06. The highest BCUT2D eigenvalue weighted by Crippen LogP contribution is 2.18. The first-order valence-electron chi connectivity index (χ1n) is 8.15. The van der Waals surface area contributed by atoms with E-state index >= 15 is 0 Å². The molecule has 1 saturated heterocycles. The van der Waals surface area contributed by atoms with Crippen LogP contribution >= 0.6 is 0 Å². The topological polar surface area (TPSA) is 33.9 Å². The minimum absolute atomic E-state index is 0.385. The van der Waals surface area contributed by atoms with Crippen LogP contribution in [0.15, 0.2) is 18.2 Å². The number of aryl methyl sites for hydroxylation is 2. The number of hydrogen-bond donors (Lipinski definition) is 2. The molecule has 1 aromatic carbocycles. The number of hydrogen-bond acceptors (Lipinski definition) is 2. The van der Waals surface area contributed by atoms with Crippen molar-refractivity contribution in [3.63, 3.8) is 0 Å². The van der Waals surface area contributed by atoms with Crippen molar-refractivity contribution in [3.8, 4) is 5.75 Å². The second-order valence-corrected chi connectivity index (χ2v) is 7.04. The summed E-state index contributed by atoms with van der Waals surface area (Å²) in [6.07, 6.45) is 0.928. The van der Waals surface area contributed by atoms with Gasteiger partial charge in [0, 0.05) is 11.8 Å². The van der Waals surface area contributed by atoms with Gasteiger partial charge >= 0.3 is 0 Å². The third-order valence-electron chi connectivity index (χ3n) is 4.36. The highest BCUT2D eigenvalue weighted by atomic mass is 16.5. The average molecular weight is 292 g/mol. The Balaban J connectivity index is 1.80. The Morgan fingerprint density at radius 3 is 2.52 bits per heavy atom. The van der Waals surface area contributed by atoms with Gasteiger partial charge in [0.05, 0.1) is 13.1 Å². The lowest BCUT2D eigenvalue weighted by atomic mass is 9.92. The Kier molecular flexibility index (Phi) is 5.65. The highest BCUT2D eigenvalue weighted by molar-refractivity contribution is 5.35. The molecule has 0 bridgehead atoms. The van der Waals surface area contributed by atoms with Gasteiger partial charge in [-0.3, -0.25) is 0 Å². The largest absolute Gasteiger partial charge is 0.490 e. The molecule has 1 heterocycles. The maximum absolute atomic E-state index is 10.2. The number of benzene rings is 1. The summed E-state index contributed by atoms with van der Waals surface area (Å²) >= 11 is 0. The maximum atomic E-state index is 10.2. The van der Waals surface area contributed by atoms with Crippen LogP contribution in [0, 0.1) is 25.7 Å². The molecule has 118 valence electrons. The van der Waals surface area contributed by atoms with E-state index in [1.54, 1.807) is 0 Å². The van der Waals surface area contributed by atoms with E-state index in [1.165, 1.54) is 30.0 Å². The average Bonchev–Trinajstić information content (AvgIpc) is 2.36. The fraction of sp³-hybridized carbons (Fsp3) is 0.667. The number of rotatable bonds is 5. The Morgan fingerprint density at radius 1 is 1.24 bits per heavy atom. The summed E-state index contributed by atoms with van der Waals surface area (Å²) in [4.78, 5) is 1.51. The first-order valence-corrected chi connectivity index (χ1v) is 8.15. The minimum Gasteiger partial charge on any atom is -0.490 e. The zero-order chi connectivity index (χ0) is 15.4. The summed E-state index contributed by atoms with van der Waals surface area (Å²) in [5.74, 6) is 2.41.